The fourth-order valence-corrected chi connectivity index (χ4v) is 2.76. The third kappa shape index (κ3) is 2.76. The smallest absolute Gasteiger partial charge is 0.354 e. The van der Waals surface area contributed by atoms with Crippen LogP contribution < -0.4 is 4.90 Å². The zero-order valence-corrected chi connectivity index (χ0v) is 12.7. The second-order valence-electron chi connectivity index (χ2n) is 4.88. The zero-order valence-electron chi connectivity index (χ0n) is 11.1. The van der Waals surface area contributed by atoms with Gasteiger partial charge in [-0.2, -0.15) is 0 Å². The van der Waals surface area contributed by atoms with Crippen molar-refractivity contribution in [1.29, 1.82) is 0 Å². The number of nitrogens with zero attached hydrogens (tertiary/aromatic N) is 2. The van der Waals surface area contributed by atoms with Gasteiger partial charge in [-0.3, -0.25) is 4.98 Å². The molecule has 116 valence electrons. The van der Waals surface area contributed by atoms with Crippen LogP contribution in [0.3, 0.4) is 0 Å². The molecule has 22 heavy (non-hydrogen) atoms. The number of pyridine rings is 1. The molecule has 1 aliphatic heterocycles. The topological polar surface area (TPSA) is 62.7 Å². The number of benzene rings is 1. The van der Waals surface area contributed by atoms with Gasteiger partial charge in [-0.25, -0.2) is 13.6 Å². The molecule has 2 aromatic rings. The Labute approximate surface area is 132 Å². The van der Waals surface area contributed by atoms with Crippen LogP contribution >= 0.6 is 15.9 Å². The Morgan fingerprint density at radius 2 is 2.23 bits per heavy atom. The summed E-state index contributed by atoms with van der Waals surface area (Å²) < 4.78 is 31.3. The number of rotatable bonds is 3. The number of carboxylic acids is 1. The standard InChI is InChI=1S/C14H11BrF2N2O3/c15-8-3-7-4-9(1-2-10(7)18-5-8)19-6-11(12(16)17)22-13(19)14(20)21/h1-5,11-13H,6H2,(H,20,21). The van der Waals surface area contributed by atoms with Gasteiger partial charge in [-0.15, -0.1) is 0 Å². The summed E-state index contributed by atoms with van der Waals surface area (Å²) in [5.41, 5.74) is 1.23. The van der Waals surface area contributed by atoms with Gasteiger partial charge >= 0.3 is 5.97 Å². The minimum Gasteiger partial charge on any atom is -0.478 e. The maximum atomic E-state index is 12.8. The molecule has 1 saturated heterocycles. The van der Waals surface area contributed by atoms with Gasteiger partial charge < -0.3 is 14.7 Å². The van der Waals surface area contributed by atoms with E-state index in [2.05, 4.69) is 20.9 Å². The molecule has 0 saturated carbocycles. The van der Waals surface area contributed by atoms with Crippen molar-refractivity contribution in [3.8, 4) is 0 Å². The van der Waals surface area contributed by atoms with Crippen molar-refractivity contribution in [2.75, 3.05) is 11.4 Å². The molecule has 1 fully saturated rings. The summed E-state index contributed by atoms with van der Waals surface area (Å²) in [5, 5.41) is 9.95. The van der Waals surface area contributed by atoms with Crippen molar-refractivity contribution in [2.45, 2.75) is 18.8 Å². The molecule has 2 atom stereocenters. The first-order valence-electron chi connectivity index (χ1n) is 6.44. The highest BCUT2D eigenvalue weighted by atomic mass is 79.9. The molecule has 5 nitrogen and oxygen atoms in total. The molecule has 0 aliphatic carbocycles. The SMILES string of the molecule is O=C(O)C1OC(C(F)F)CN1c1ccc2ncc(Br)cc2c1. The number of carboxylic acid groups (broad SMARTS) is 1. The summed E-state index contributed by atoms with van der Waals surface area (Å²) in [4.78, 5) is 16.8. The summed E-state index contributed by atoms with van der Waals surface area (Å²) in [6.07, 6.45) is -3.93. The average Bonchev–Trinajstić information content (AvgIpc) is 2.92. The molecule has 1 aliphatic rings. The van der Waals surface area contributed by atoms with E-state index in [1.165, 1.54) is 4.90 Å². The lowest BCUT2D eigenvalue weighted by molar-refractivity contribution is -0.152. The lowest BCUT2D eigenvalue weighted by Crippen LogP contribution is -2.36. The molecule has 3 rings (SSSR count). The second kappa shape index (κ2) is 5.77. The molecule has 0 bridgehead atoms. The first-order chi connectivity index (χ1) is 10.5. The Morgan fingerprint density at radius 1 is 1.45 bits per heavy atom. The number of ether oxygens (including phenoxy) is 1. The largest absolute Gasteiger partial charge is 0.478 e. The number of hydrogen-bond donors (Lipinski definition) is 1. The fraction of sp³-hybridized carbons (Fsp3) is 0.286. The van der Waals surface area contributed by atoms with Crippen LogP contribution in [0.2, 0.25) is 0 Å². The predicted octanol–water partition coefficient (Wildman–Crippen LogP) is 2.88. The average molecular weight is 373 g/mol. The lowest BCUT2D eigenvalue weighted by atomic mass is 10.2. The van der Waals surface area contributed by atoms with Crippen molar-refractivity contribution < 1.29 is 23.4 Å². The molecule has 1 aromatic heterocycles. The third-order valence-electron chi connectivity index (χ3n) is 3.42. The molecule has 1 aromatic carbocycles. The summed E-state index contributed by atoms with van der Waals surface area (Å²) in [5.74, 6) is -1.30. The van der Waals surface area contributed by atoms with Crippen LogP contribution in [0, 0.1) is 0 Å². The van der Waals surface area contributed by atoms with Crippen LogP contribution in [0.4, 0.5) is 14.5 Å². The van der Waals surface area contributed by atoms with Gasteiger partial charge in [0.1, 0.15) is 6.10 Å². The van der Waals surface area contributed by atoms with Crippen LogP contribution in [0.1, 0.15) is 0 Å². The van der Waals surface area contributed by atoms with Gasteiger partial charge in [0.05, 0.1) is 12.1 Å². The van der Waals surface area contributed by atoms with Gasteiger partial charge in [0.15, 0.2) is 0 Å². The quantitative estimate of drug-likeness (QED) is 0.897. The number of aliphatic carboxylic acids is 1. The molecule has 1 N–H and O–H groups in total. The zero-order chi connectivity index (χ0) is 15.9. The van der Waals surface area contributed by atoms with Crippen molar-refractivity contribution in [3.63, 3.8) is 0 Å². The molecule has 0 radical (unpaired) electrons. The normalized spacial score (nSPS) is 21.7. The Bertz CT molecular complexity index is 728. The first-order valence-corrected chi connectivity index (χ1v) is 7.23. The number of hydrogen-bond acceptors (Lipinski definition) is 4. The highest BCUT2D eigenvalue weighted by Gasteiger charge is 2.42. The third-order valence-corrected chi connectivity index (χ3v) is 3.85. The van der Waals surface area contributed by atoms with Crippen LogP contribution in [0.5, 0.6) is 0 Å². The van der Waals surface area contributed by atoms with Gasteiger partial charge in [0.25, 0.3) is 6.43 Å². The minimum atomic E-state index is -2.73. The highest BCUT2D eigenvalue weighted by molar-refractivity contribution is 9.10. The van der Waals surface area contributed by atoms with Gasteiger partial charge in [0.2, 0.25) is 6.23 Å². The van der Waals surface area contributed by atoms with E-state index in [1.807, 2.05) is 6.07 Å². The molecule has 2 heterocycles. The summed E-state index contributed by atoms with van der Waals surface area (Å²) in [6.45, 7) is -0.179. The Hall–Kier alpha value is -1.80. The second-order valence-corrected chi connectivity index (χ2v) is 5.80. The van der Waals surface area contributed by atoms with Crippen molar-refractivity contribution in [1.82, 2.24) is 4.98 Å². The number of anilines is 1. The number of fused-ring (bicyclic) bond motifs is 1. The predicted molar refractivity (Wildman–Crippen MR) is 79.1 cm³/mol. The van der Waals surface area contributed by atoms with E-state index < -0.39 is 24.7 Å². The Balaban J connectivity index is 1.99. The van der Waals surface area contributed by atoms with Gasteiger partial charge in [-0.05, 0) is 40.2 Å². The molecule has 0 amide bonds. The van der Waals surface area contributed by atoms with E-state index >= 15 is 0 Å². The Morgan fingerprint density at radius 3 is 2.91 bits per heavy atom. The maximum Gasteiger partial charge on any atom is 0.354 e. The van der Waals surface area contributed by atoms with Gasteiger partial charge in [-0.1, -0.05) is 0 Å². The molecule has 2 unspecified atom stereocenters. The fourth-order valence-electron chi connectivity index (χ4n) is 2.41. The number of aromatic nitrogens is 1. The van der Waals surface area contributed by atoms with Crippen molar-refractivity contribution in [3.05, 3.63) is 34.9 Å². The summed E-state index contributed by atoms with van der Waals surface area (Å²) in [7, 11) is 0. The lowest BCUT2D eigenvalue weighted by Gasteiger charge is -2.22. The van der Waals surface area contributed by atoms with E-state index in [0.717, 1.165) is 15.4 Å². The number of halogens is 3. The van der Waals surface area contributed by atoms with E-state index in [1.54, 1.807) is 24.4 Å². The van der Waals surface area contributed by atoms with E-state index in [9.17, 15) is 18.7 Å². The van der Waals surface area contributed by atoms with Crippen molar-refractivity contribution in [2.24, 2.45) is 0 Å². The van der Waals surface area contributed by atoms with Crippen LogP contribution in [0.25, 0.3) is 10.9 Å². The first kappa shape index (κ1) is 15.1. The van der Waals surface area contributed by atoms with Crippen LogP contribution in [0.15, 0.2) is 34.9 Å². The van der Waals surface area contributed by atoms with E-state index in [0.29, 0.717) is 5.69 Å². The summed E-state index contributed by atoms with van der Waals surface area (Å²) in [6, 6.07) is 6.89. The molecular formula is C14H11BrF2N2O3. The van der Waals surface area contributed by atoms with E-state index in [-0.39, 0.29) is 6.54 Å². The maximum absolute atomic E-state index is 12.8. The van der Waals surface area contributed by atoms with Crippen LogP contribution in [-0.4, -0.2) is 41.4 Å². The molecule has 0 spiro atoms. The van der Waals surface area contributed by atoms with Gasteiger partial charge in [0, 0.05) is 21.7 Å². The summed E-state index contributed by atoms with van der Waals surface area (Å²) >= 11 is 3.31. The highest BCUT2D eigenvalue weighted by Crippen LogP contribution is 2.30. The van der Waals surface area contributed by atoms with Crippen LogP contribution in [-0.2, 0) is 9.53 Å². The van der Waals surface area contributed by atoms with Crippen molar-refractivity contribution >= 4 is 38.5 Å². The number of carbonyl (C=O) groups is 1. The molecule has 8 heteroatoms. The van der Waals surface area contributed by atoms with E-state index in [4.69, 9.17) is 4.74 Å². The minimum absolute atomic E-state index is 0.179. The number of alkyl halides is 2. The monoisotopic (exact) mass is 372 g/mol. The molecular weight excluding hydrogens is 362 g/mol. The Kier molecular flexibility index (Phi) is 3.96.